The summed E-state index contributed by atoms with van der Waals surface area (Å²) in [6.45, 7) is 5.75. The van der Waals surface area contributed by atoms with E-state index in [1.165, 1.54) is 10.4 Å². The van der Waals surface area contributed by atoms with Crippen LogP contribution < -0.4 is 5.32 Å². The van der Waals surface area contributed by atoms with Crippen LogP contribution in [0.5, 0.6) is 0 Å². The largest absolute Gasteiger partial charge is 0.351 e. The second-order valence-electron chi connectivity index (χ2n) is 4.48. The molecule has 1 amide bonds. The molecule has 0 atom stereocenters. The van der Waals surface area contributed by atoms with Gasteiger partial charge < -0.3 is 9.88 Å². The zero-order valence-corrected chi connectivity index (χ0v) is 12.2. The van der Waals surface area contributed by atoms with Crippen LogP contribution in [0.4, 0.5) is 0 Å². The highest BCUT2D eigenvalue weighted by atomic mass is 32.1. The van der Waals surface area contributed by atoms with Gasteiger partial charge in [-0.05, 0) is 31.4 Å². The molecular weight excluding hydrogens is 258 g/mol. The Bertz CT molecular complexity index is 531. The van der Waals surface area contributed by atoms with Crippen molar-refractivity contribution in [1.29, 1.82) is 0 Å². The predicted octanol–water partition coefficient (Wildman–Crippen LogP) is 2.64. The number of imidazole rings is 1. The minimum Gasteiger partial charge on any atom is -0.351 e. The number of rotatable bonds is 6. The number of carbonyl (C=O) groups excluding carboxylic acids is 1. The summed E-state index contributed by atoms with van der Waals surface area (Å²) in [6, 6.07) is 1.98. The molecule has 1 N–H and O–H groups in total. The average molecular weight is 277 g/mol. The fourth-order valence-corrected chi connectivity index (χ4v) is 2.98. The first-order valence-electron chi connectivity index (χ1n) is 6.54. The number of nitrogens with zero attached hydrogens (tertiary/aromatic N) is 2. The highest BCUT2D eigenvalue weighted by Crippen LogP contribution is 2.22. The normalized spacial score (nSPS) is 10.6. The molecule has 0 aliphatic heterocycles. The Balaban J connectivity index is 1.77. The van der Waals surface area contributed by atoms with Gasteiger partial charge in [-0.3, -0.25) is 4.79 Å². The van der Waals surface area contributed by atoms with E-state index in [4.69, 9.17) is 0 Å². The summed E-state index contributed by atoms with van der Waals surface area (Å²) in [5.74, 6) is 0.0402. The van der Waals surface area contributed by atoms with E-state index in [9.17, 15) is 4.79 Å². The van der Waals surface area contributed by atoms with Gasteiger partial charge in [0.05, 0.1) is 11.2 Å². The Hall–Kier alpha value is -1.62. The molecule has 2 aromatic heterocycles. The number of hydrogen-bond donors (Lipinski definition) is 1. The number of aryl methyl sites for hydroxylation is 3. The van der Waals surface area contributed by atoms with E-state index in [1.807, 2.05) is 16.8 Å². The monoisotopic (exact) mass is 277 g/mol. The van der Waals surface area contributed by atoms with Gasteiger partial charge in [-0.2, -0.15) is 0 Å². The van der Waals surface area contributed by atoms with Crippen molar-refractivity contribution in [3.63, 3.8) is 0 Å². The highest BCUT2D eigenvalue weighted by molar-refractivity contribution is 7.14. The smallest absolute Gasteiger partial charge is 0.261 e. The lowest BCUT2D eigenvalue weighted by Gasteiger charge is -2.04. The van der Waals surface area contributed by atoms with Gasteiger partial charge in [-0.15, -0.1) is 11.3 Å². The van der Waals surface area contributed by atoms with E-state index < -0.39 is 0 Å². The number of aromatic nitrogens is 2. The maximum atomic E-state index is 12.0. The molecule has 0 bridgehead atoms. The van der Waals surface area contributed by atoms with E-state index in [-0.39, 0.29) is 5.91 Å². The quantitative estimate of drug-likeness (QED) is 0.825. The molecule has 0 aliphatic carbocycles. The first-order chi connectivity index (χ1) is 9.20. The van der Waals surface area contributed by atoms with Crippen molar-refractivity contribution >= 4 is 17.2 Å². The van der Waals surface area contributed by atoms with Crippen molar-refractivity contribution in [2.45, 2.75) is 33.2 Å². The molecule has 0 unspecified atom stereocenters. The van der Waals surface area contributed by atoms with Crippen LogP contribution >= 0.6 is 11.3 Å². The lowest BCUT2D eigenvalue weighted by Crippen LogP contribution is -2.24. The zero-order chi connectivity index (χ0) is 13.7. The number of carbonyl (C=O) groups is 1. The minimum absolute atomic E-state index is 0.0402. The van der Waals surface area contributed by atoms with Crippen LogP contribution in [0.25, 0.3) is 0 Å². The maximum absolute atomic E-state index is 12.0. The average Bonchev–Trinajstić information content (AvgIpc) is 3.03. The van der Waals surface area contributed by atoms with Crippen molar-refractivity contribution < 1.29 is 4.79 Å². The summed E-state index contributed by atoms with van der Waals surface area (Å²) in [4.78, 5) is 18.1. The SMILES string of the molecule is CCc1sc(C(=O)NCCCn2ccnc2)cc1C. The summed E-state index contributed by atoms with van der Waals surface area (Å²) >= 11 is 1.60. The van der Waals surface area contributed by atoms with E-state index in [1.54, 1.807) is 23.9 Å². The lowest BCUT2D eigenvalue weighted by molar-refractivity contribution is 0.0956. The first kappa shape index (κ1) is 13.8. The van der Waals surface area contributed by atoms with Crippen molar-refractivity contribution in [3.8, 4) is 0 Å². The molecule has 0 radical (unpaired) electrons. The molecule has 2 aromatic rings. The minimum atomic E-state index is 0.0402. The lowest BCUT2D eigenvalue weighted by atomic mass is 10.2. The fourth-order valence-electron chi connectivity index (χ4n) is 1.95. The predicted molar refractivity (Wildman–Crippen MR) is 77.6 cm³/mol. The molecular formula is C14H19N3OS. The number of hydrogen-bond acceptors (Lipinski definition) is 3. The van der Waals surface area contributed by atoms with Gasteiger partial charge in [-0.25, -0.2) is 4.98 Å². The van der Waals surface area contributed by atoms with Crippen LogP contribution in [0.1, 0.15) is 33.5 Å². The molecule has 0 aliphatic rings. The number of amides is 1. The fraction of sp³-hybridized carbons (Fsp3) is 0.429. The third kappa shape index (κ3) is 3.67. The van der Waals surface area contributed by atoms with Crippen LogP contribution in [-0.4, -0.2) is 22.0 Å². The first-order valence-corrected chi connectivity index (χ1v) is 7.35. The molecule has 0 saturated carbocycles. The van der Waals surface area contributed by atoms with E-state index >= 15 is 0 Å². The Morgan fingerprint density at radius 1 is 1.53 bits per heavy atom. The zero-order valence-electron chi connectivity index (χ0n) is 11.3. The van der Waals surface area contributed by atoms with Gasteiger partial charge in [0, 0.05) is 30.4 Å². The van der Waals surface area contributed by atoms with Crippen LogP contribution in [0.2, 0.25) is 0 Å². The molecule has 0 saturated heterocycles. The van der Waals surface area contributed by atoms with Gasteiger partial charge in [0.1, 0.15) is 0 Å². The summed E-state index contributed by atoms with van der Waals surface area (Å²) in [5, 5.41) is 2.96. The third-order valence-corrected chi connectivity index (χ3v) is 4.38. The summed E-state index contributed by atoms with van der Waals surface area (Å²) < 4.78 is 2.01. The molecule has 2 rings (SSSR count). The standard InChI is InChI=1S/C14H19N3OS/c1-3-12-11(2)9-13(19-12)14(18)16-5-4-7-17-8-6-15-10-17/h6,8-10H,3-5,7H2,1-2H3,(H,16,18). The van der Waals surface area contributed by atoms with Crippen LogP contribution in [0, 0.1) is 6.92 Å². The van der Waals surface area contributed by atoms with E-state index in [0.717, 1.165) is 24.3 Å². The Kier molecular flexibility index (Phi) is 4.74. The van der Waals surface area contributed by atoms with Crippen LogP contribution in [-0.2, 0) is 13.0 Å². The molecule has 19 heavy (non-hydrogen) atoms. The summed E-state index contributed by atoms with van der Waals surface area (Å²) in [7, 11) is 0. The van der Waals surface area contributed by atoms with Gasteiger partial charge in [0.2, 0.25) is 0 Å². The number of thiophene rings is 1. The Morgan fingerprint density at radius 2 is 2.37 bits per heavy atom. The topological polar surface area (TPSA) is 46.9 Å². The van der Waals surface area contributed by atoms with Gasteiger partial charge in [0.25, 0.3) is 5.91 Å². The molecule has 5 heteroatoms. The molecule has 0 fully saturated rings. The Morgan fingerprint density at radius 3 is 3.00 bits per heavy atom. The maximum Gasteiger partial charge on any atom is 0.261 e. The summed E-state index contributed by atoms with van der Waals surface area (Å²) in [5.41, 5.74) is 1.22. The second kappa shape index (κ2) is 6.52. The van der Waals surface area contributed by atoms with E-state index in [0.29, 0.717) is 6.54 Å². The van der Waals surface area contributed by atoms with Crippen molar-refractivity contribution in [1.82, 2.24) is 14.9 Å². The summed E-state index contributed by atoms with van der Waals surface area (Å²) in [6.07, 6.45) is 7.38. The molecule has 0 aromatic carbocycles. The van der Waals surface area contributed by atoms with Crippen molar-refractivity contribution in [2.75, 3.05) is 6.54 Å². The number of nitrogens with one attached hydrogen (secondary N) is 1. The van der Waals surface area contributed by atoms with Crippen LogP contribution in [0.3, 0.4) is 0 Å². The van der Waals surface area contributed by atoms with Gasteiger partial charge in [0.15, 0.2) is 0 Å². The van der Waals surface area contributed by atoms with Gasteiger partial charge >= 0.3 is 0 Å². The second-order valence-corrected chi connectivity index (χ2v) is 5.62. The molecule has 0 spiro atoms. The van der Waals surface area contributed by atoms with Crippen LogP contribution in [0.15, 0.2) is 24.8 Å². The van der Waals surface area contributed by atoms with Crippen molar-refractivity contribution in [2.24, 2.45) is 0 Å². The van der Waals surface area contributed by atoms with Crippen molar-refractivity contribution in [3.05, 3.63) is 40.1 Å². The van der Waals surface area contributed by atoms with Gasteiger partial charge in [-0.1, -0.05) is 6.92 Å². The molecule has 4 nitrogen and oxygen atoms in total. The molecule has 102 valence electrons. The molecule has 2 heterocycles. The third-order valence-electron chi connectivity index (χ3n) is 3.00. The van der Waals surface area contributed by atoms with E-state index in [2.05, 4.69) is 24.1 Å². The highest BCUT2D eigenvalue weighted by Gasteiger charge is 2.10. The Labute approximate surface area is 117 Å².